The second-order valence-corrected chi connectivity index (χ2v) is 9.71. The minimum atomic E-state index is -0.123. The fourth-order valence-corrected chi connectivity index (χ4v) is 4.52. The van der Waals surface area contributed by atoms with Gasteiger partial charge < -0.3 is 0 Å². The molecule has 0 atom stereocenters. The van der Waals surface area contributed by atoms with Crippen molar-refractivity contribution in [3.05, 3.63) is 68.3 Å². The van der Waals surface area contributed by atoms with Crippen molar-refractivity contribution >= 4 is 5.71 Å². The third-order valence-electron chi connectivity index (χ3n) is 7.92. The first-order chi connectivity index (χ1) is 12.8. The van der Waals surface area contributed by atoms with Gasteiger partial charge in [0.15, 0.2) is 0 Å². The topological polar surface area (TPSA) is 15.6 Å². The number of hydrogen-bond donors (Lipinski definition) is 0. The maximum Gasteiger partial charge on any atom is 0.0982 e. The Hall–Kier alpha value is -2.09. The van der Waals surface area contributed by atoms with E-state index in [1.54, 1.807) is 0 Å². The highest BCUT2D eigenvalue weighted by Crippen LogP contribution is 2.46. The molecular formula is C26H36N2. The maximum absolute atomic E-state index is 5.23. The number of fused-ring (bicyclic) bond motifs is 1. The minimum absolute atomic E-state index is 0.0601. The van der Waals surface area contributed by atoms with Crippen LogP contribution in [-0.2, 0) is 5.41 Å². The van der Waals surface area contributed by atoms with Gasteiger partial charge in [-0.2, -0.15) is 5.10 Å². The third kappa shape index (κ3) is 2.72. The van der Waals surface area contributed by atoms with Gasteiger partial charge in [0.1, 0.15) is 0 Å². The molecule has 0 saturated heterocycles. The molecule has 0 bridgehead atoms. The second kappa shape index (κ2) is 6.47. The van der Waals surface area contributed by atoms with Crippen LogP contribution in [-0.4, -0.2) is 23.3 Å². The molecule has 0 unspecified atom stereocenters. The molecule has 2 aromatic rings. The monoisotopic (exact) mass is 376 g/mol. The van der Waals surface area contributed by atoms with Gasteiger partial charge in [-0.25, -0.2) is 0 Å². The lowest BCUT2D eigenvalue weighted by Crippen LogP contribution is -2.52. The smallest absolute Gasteiger partial charge is 0.0982 e. The average Bonchev–Trinajstić information content (AvgIpc) is 2.67. The lowest BCUT2D eigenvalue weighted by atomic mass is 9.65. The molecule has 0 N–H and O–H groups in total. The number of benzene rings is 2. The van der Waals surface area contributed by atoms with Crippen LogP contribution in [0.25, 0.3) is 0 Å². The summed E-state index contributed by atoms with van der Waals surface area (Å²) >= 11 is 0. The predicted molar refractivity (Wildman–Crippen MR) is 122 cm³/mol. The highest BCUT2D eigenvalue weighted by atomic mass is 15.5. The van der Waals surface area contributed by atoms with Gasteiger partial charge >= 0.3 is 0 Å². The summed E-state index contributed by atoms with van der Waals surface area (Å²) in [4.78, 5) is 0. The van der Waals surface area contributed by atoms with E-state index >= 15 is 0 Å². The first-order valence-corrected chi connectivity index (χ1v) is 10.3. The summed E-state index contributed by atoms with van der Waals surface area (Å²) in [5, 5.41) is 7.41. The normalized spacial score (nSPS) is 17.8. The van der Waals surface area contributed by atoms with Gasteiger partial charge in [-0.15, -0.1) is 0 Å². The molecular weight excluding hydrogens is 340 g/mol. The molecule has 0 radical (unpaired) electrons. The molecule has 0 amide bonds. The maximum atomic E-state index is 5.23. The minimum Gasteiger partial charge on any atom is -0.293 e. The van der Waals surface area contributed by atoms with Crippen LogP contribution in [0.2, 0.25) is 0 Å². The number of rotatable bonds is 1. The van der Waals surface area contributed by atoms with Gasteiger partial charge in [0.2, 0.25) is 0 Å². The summed E-state index contributed by atoms with van der Waals surface area (Å²) in [6.45, 7) is 22.8. The molecule has 0 fully saturated rings. The van der Waals surface area contributed by atoms with Crippen molar-refractivity contribution in [2.45, 2.75) is 80.2 Å². The summed E-state index contributed by atoms with van der Waals surface area (Å²) in [6, 6.07) is 6.74. The van der Waals surface area contributed by atoms with Gasteiger partial charge in [-0.05, 0) is 100 Å². The predicted octanol–water partition coefficient (Wildman–Crippen LogP) is 6.29. The number of likely N-dealkylation sites (N-methyl/N-ethyl adjacent to an activating group) is 1. The summed E-state index contributed by atoms with van der Waals surface area (Å²) in [7, 11) is 2.12. The molecule has 2 aromatic carbocycles. The Labute approximate surface area is 171 Å². The Kier molecular flexibility index (Phi) is 4.77. The summed E-state index contributed by atoms with van der Waals surface area (Å²) in [5.74, 6) is 0. The Bertz CT molecular complexity index is 990. The molecule has 3 rings (SSSR count). The van der Waals surface area contributed by atoms with Crippen molar-refractivity contribution in [1.29, 1.82) is 0 Å². The van der Waals surface area contributed by atoms with Crippen molar-refractivity contribution < 1.29 is 0 Å². The van der Waals surface area contributed by atoms with Crippen LogP contribution in [0, 0.1) is 41.5 Å². The molecule has 0 spiro atoms. The molecule has 1 aliphatic heterocycles. The van der Waals surface area contributed by atoms with Crippen molar-refractivity contribution in [3.63, 3.8) is 0 Å². The van der Waals surface area contributed by atoms with E-state index in [-0.39, 0.29) is 11.0 Å². The molecule has 150 valence electrons. The Morgan fingerprint density at radius 2 is 1.32 bits per heavy atom. The molecule has 1 heterocycles. The zero-order chi connectivity index (χ0) is 21.2. The molecule has 0 saturated carbocycles. The Morgan fingerprint density at radius 1 is 0.750 bits per heavy atom. The summed E-state index contributed by atoms with van der Waals surface area (Å²) in [5.41, 5.74) is 13.1. The number of hydrogen-bond acceptors (Lipinski definition) is 2. The lowest BCUT2D eigenvalue weighted by molar-refractivity contribution is 0.0861. The summed E-state index contributed by atoms with van der Waals surface area (Å²) < 4.78 is 0. The van der Waals surface area contributed by atoms with E-state index in [1.807, 2.05) is 0 Å². The lowest BCUT2D eigenvalue weighted by Gasteiger charge is -2.46. The number of nitrogens with zero attached hydrogens (tertiary/aromatic N) is 2. The van der Waals surface area contributed by atoms with Crippen LogP contribution in [0.4, 0.5) is 0 Å². The van der Waals surface area contributed by atoms with Gasteiger partial charge in [0.25, 0.3) is 0 Å². The van der Waals surface area contributed by atoms with E-state index in [0.717, 1.165) is 5.71 Å². The quantitative estimate of drug-likeness (QED) is 0.571. The van der Waals surface area contributed by atoms with Gasteiger partial charge in [-0.3, -0.25) is 5.01 Å². The zero-order valence-corrected chi connectivity index (χ0v) is 19.6. The van der Waals surface area contributed by atoms with Gasteiger partial charge in [-0.1, -0.05) is 26.0 Å². The average molecular weight is 377 g/mol. The van der Waals surface area contributed by atoms with Gasteiger partial charge in [0, 0.05) is 23.6 Å². The fraction of sp³-hybridized carbons (Fsp3) is 0.500. The molecule has 0 aromatic heterocycles. The van der Waals surface area contributed by atoms with Crippen LogP contribution in [0.5, 0.6) is 0 Å². The van der Waals surface area contributed by atoms with Crippen molar-refractivity contribution in [2.24, 2.45) is 5.10 Å². The van der Waals surface area contributed by atoms with E-state index in [9.17, 15) is 0 Å². The van der Waals surface area contributed by atoms with E-state index in [2.05, 4.69) is 99.5 Å². The van der Waals surface area contributed by atoms with Gasteiger partial charge in [0.05, 0.1) is 11.3 Å². The van der Waals surface area contributed by atoms with Crippen molar-refractivity contribution in [3.8, 4) is 0 Å². The van der Waals surface area contributed by atoms with E-state index in [0.29, 0.717) is 0 Å². The summed E-state index contributed by atoms with van der Waals surface area (Å²) in [6.07, 6.45) is 0. The fourth-order valence-electron chi connectivity index (χ4n) is 4.52. The third-order valence-corrected chi connectivity index (χ3v) is 7.92. The van der Waals surface area contributed by atoms with Crippen LogP contribution in [0.15, 0.2) is 23.3 Å². The molecule has 0 aliphatic carbocycles. The van der Waals surface area contributed by atoms with Crippen molar-refractivity contribution in [2.75, 3.05) is 7.05 Å². The number of hydrazone groups is 1. The van der Waals surface area contributed by atoms with E-state index in [1.165, 1.54) is 50.1 Å². The molecule has 28 heavy (non-hydrogen) atoms. The first-order valence-electron chi connectivity index (χ1n) is 10.3. The highest BCUT2D eigenvalue weighted by Gasteiger charge is 2.47. The largest absolute Gasteiger partial charge is 0.293 e. The zero-order valence-electron chi connectivity index (χ0n) is 19.6. The highest BCUT2D eigenvalue weighted by molar-refractivity contribution is 6.15. The van der Waals surface area contributed by atoms with Crippen LogP contribution < -0.4 is 0 Å². The SMILES string of the molecule is Cc1ccc(C2=NN(C)C(C)(C)C(C)(C)c3c(C)c(C)c(C)c(C)c32)cc1C. The van der Waals surface area contributed by atoms with Crippen molar-refractivity contribution in [1.82, 2.24) is 5.01 Å². The second-order valence-electron chi connectivity index (χ2n) is 9.71. The van der Waals surface area contributed by atoms with Crippen LogP contribution >= 0.6 is 0 Å². The van der Waals surface area contributed by atoms with E-state index < -0.39 is 0 Å². The van der Waals surface area contributed by atoms with Crippen LogP contribution in [0.3, 0.4) is 0 Å². The standard InChI is InChI=1S/C26H36N2/c1-15-12-13-21(14-16(15)2)24-22-19(5)17(3)18(4)20(6)23(22)25(7,8)26(9,10)28(11)27-24/h12-14H,1-11H3. The Balaban J connectivity index is 2.51. The van der Waals surface area contributed by atoms with Crippen LogP contribution in [0.1, 0.15) is 77.8 Å². The first kappa shape index (κ1) is 20.6. The molecule has 2 nitrogen and oxygen atoms in total. The molecule has 2 heteroatoms. The van der Waals surface area contributed by atoms with E-state index in [4.69, 9.17) is 5.10 Å². The molecule has 1 aliphatic rings. The number of aryl methyl sites for hydroxylation is 2. The Morgan fingerprint density at radius 3 is 1.89 bits per heavy atom.